The molecule has 3 aromatic rings. The second kappa shape index (κ2) is 9.30. The van der Waals surface area contributed by atoms with Crippen LogP contribution in [0.15, 0.2) is 66.7 Å². The fourth-order valence-electron chi connectivity index (χ4n) is 3.24. The number of phosphoric ester groups is 1. The van der Waals surface area contributed by atoms with Crippen molar-refractivity contribution in [3.8, 4) is 11.5 Å². The average molecular weight is 410 g/mol. The molecular formula is C24H27O4P. The summed E-state index contributed by atoms with van der Waals surface area (Å²) in [7, 11) is -3.88. The van der Waals surface area contributed by atoms with Gasteiger partial charge in [0.25, 0.3) is 0 Å². The number of rotatable bonds is 8. The van der Waals surface area contributed by atoms with Gasteiger partial charge in [0.2, 0.25) is 0 Å². The first kappa shape index (κ1) is 21.2. The Balaban J connectivity index is 1.82. The second-order valence-corrected chi connectivity index (χ2v) is 8.64. The van der Waals surface area contributed by atoms with Crippen LogP contribution in [0.5, 0.6) is 11.5 Å². The van der Waals surface area contributed by atoms with E-state index < -0.39 is 7.82 Å². The molecule has 0 aliphatic rings. The summed E-state index contributed by atoms with van der Waals surface area (Å²) in [5, 5.41) is 0. The molecule has 0 heterocycles. The third kappa shape index (κ3) is 5.50. The summed E-state index contributed by atoms with van der Waals surface area (Å²) in [6.45, 7) is 8.17. The van der Waals surface area contributed by atoms with Crippen molar-refractivity contribution in [3.05, 3.63) is 94.5 Å². The highest BCUT2D eigenvalue weighted by Crippen LogP contribution is 2.51. The Morgan fingerprint density at radius 2 is 1.24 bits per heavy atom. The van der Waals surface area contributed by atoms with Crippen molar-refractivity contribution in [1.82, 2.24) is 0 Å². The van der Waals surface area contributed by atoms with Gasteiger partial charge in [-0.05, 0) is 74.1 Å². The highest BCUT2D eigenvalue weighted by molar-refractivity contribution is 7.49. The maximum absolute atomic E-state index is 13.5. The molecule has 0 aliphatic carbocycles. The molecular weight excluding hydrogens is 383 g/mol. The molecule has 3 rings (SSSR count). The monoisotopic (exact) mass is 410 g/mol. The predicted molar refractivity (Wildman–Crippen MR) is 117 cm³/mol. The quantitative estimate of drug-likeness (QED) is 0.386. The van der Waals surface area contributed by atoms with Gasteiger partial charge >= 0.3 is 7.82 Å². The standard InChI is InChI=1S/C24H27O4P/c1-18-10-8-11-19(2)23(18)16-17-26-29(25,27-22-14-6-5-7-15-22)28-24-20(3)12-9-13-21(24)4/h5-15H,16-17H2,1-4H3. The summed E-state index contributed by atoms with van der Waals surface area (Å²) < 4.78 is 30.9. The summed E-state index contributed by atoms with van der Waals surface area (Å²) in [6.07, 6.45) is 0.622. The van der Waals surface area contributed by atoms with E-state index in [1.54, 1.807) is 12.1 Å². The number of hydrogen-bond donors (Lipinski definition) is 0. The van der Waals surface area contributed by atoms with Crippen LogP contribution in [0.2, 0.25) is 0 Å². The molecule has 0 saturated carbocycles. The van der Waals surface area contributed by atoms with Gasteiger partial charge in [-0.1, -0.05) is 54.6 Å². The van der Waals surface area contributed by atoms with E-state index in [4.69, 9.17) is 13.6 Å². The summed E-state index contributed by atoms with van der Waals surface area (Å²) in [6, 6.07) is 20.9. The molecule has 3 aromatic carbocycles. The van der Waals surface area contributed by atoms with Gasteiger partial charge < -0.3 is 9.05 Å². The minimum absolute atomic E-state index is 0.223. The topological polar surface area (TPSA) is 44.8 Å². The molecule has 0 amide bonds. The molecule has 4 nitrogen and oxygen atoms in total. The smallest absolute Gasteiger partial charge is 0.395 e. The minimum Gasteiger partial charge on any atom is -0.395 e. The van der Waals surface area contributed by atoms with Crippen molar-refractivity contribution in [2.24, 2.45) is 0 Å². The molecule has 5 heteroatoms. The van der Waals surface area contributed by atoms with Crippen LogP contribution in [-0.4, -0.2) is 6.61 Å². The molecule has 1 atom stereocenters. The van der Waals surface area contributed by atoms with Crippen LogP contribution in [0.3, 0.4) is 0 Å². The lowest BCUT2D eigenvalue weighted by molar-refractivity contribution is 0.211. The van der Waals surface area contributed by atoms with Crippen LogP contribution in [0.1, 0.15) is 27.8 Å². The van der Waals surface area contributed by atoms with E-state index in [0.717, 1.165) is 11.1 Å². The SMILES string of the molecule is Cc1cccc(C)c1CCOP(=O)(Oc1ccccc1)Oc1c(C)cccc1C. The number of benzene rings is 3. The average Bonchev–Trinajstić information content (AvgIpc) is 2.68. The highest BCUT2D eigenvalue weighted by atomic mass is 31.2. The van der Waals surface area contributed by atoms with Crippen LogP contribution in [0, 0.1) is 27.7 Å². The van der Waals surface area contributed by atoms with Crippen molar-refractivity contribution in [2.45, 2.75) is 34.1 Å². The van der Waals surface area contributed by atoms with E-state index in [-0.39, 0.29) is 6.61 Å². The van der Waals surface area contributed by atoms with Gasteiger partial charge in [0.1, 0.15) is 11.5 Å². The number of para-hydroxylation sites is 2. The molecule has 0 aliphatic heterocycles. The number of hydrogen-bond acceptors (Lipinski definition) is 4. The van der Waals surface area contributed by atoms with Crippen molar-refractivity contribution in [1.29, 1.82) is 0 Å². The first-order chi connectivity index (χ1) is 13.9. The van der Waals surface area contributed by atoms with Gasteiger partial charge in [-0.2, -0.15) is 0 Å². The molecule has 29 heavy (non-hydrogen) atoms. The van der Waals surface area contributed by atoms with E-state index in [9.17, 15) is 4.57 Å². The minimum atomic E-state index is -3.88. The normalized spacial score (nSPS) is 13.0. The maximum Gasteiger partial charge on any atom is 0.587 e. The zero-order chi connectivity index (χ0) is 20.9. The van der Waals surface area contributed by atoms with Crippen molar-refractivity contribution < 1.29 is 18.1 Å². The van der Waals surface area contributed by atoms with E-state index in [1.807, 2.05) is 56.3 Å². The van der Waals surface area contributed by atoms with Crippen LogP contribution in [0.4, 0.5) is 0 Å². The first-order valence-electron chi connectivity index (χ1n) is 9.68. The maximum atomic E-state index is 13.5. The van der Waals surface area contributed by atoms with E-state index in [0.29, 0.717) is 17.9 Å². The Morgan fingerprint density at radius 3 is 1.83 bits per heavy atom. The van der Waals surface area contributed by atoms with Crippen molar-refractivity contribution >= 4 is 7.82 Å². The molecule has 0 saturated heterocycles. The molecule has 0 radical (unpaired) electrons. The van der Waals surface area contributed by atoms with Crippen LogP contribution < -0.4 is 9.05 Å². The summed E-state index contributed by atoms with van der Waals surface area (Å²) in [5.41, 5.74) is 5.30. The van der Waals surface area contributed by atoms with Gasteiger partial charge in [0.05, 0.1) is 6.61 Å². The number of phosphoric acid groups is 1. The summed E-state index contributed by atoms with van der Waals surface area (Å²) in [5.74, 6) is 0.966. The van der Waals surface area contributed by atoms with Crippen LogP contribution in [-0.2, 0) is 15.5 Å². The van der Waals surface area contributed by atoms with E-state index in [1.165, 1.54) is 16.7 Å². The van der Waals surface area contributed by atoms with Gasteiger partial charge in [-0.3, -0.25) is 4.52 Å². The zero-order valence-corrected chi connectivity index (χ0v) is 18.2. The molecule has 0 N–H and O–H groups in total. The molecule has 0 spiro atoms. The summed E-state index contributed by atoms with van der Waals surface area (Å²) >= 11 is 0. The lowest BCUT2D eigenvalue weighted by Gasteiger charge is -2.21. The Morgan fingerprint density at radius 1 is 0.690 bits per heavy atom. The third-order valence-electron chi connectivity index (χ3n) is 4.82. The second-order valence-electron chi connectivity index (χ2n) is 7.12. The van der Waals surface area contributed by atoms with Crippen molar-refractivity contribution in [3.63, 3.8) is 0 Å². The van der Waals surface area contributed by atoms with E-state index >= 15 is 0 Å². The largest absolute Gasteiger partial charge is 0.587 e. The van der Waals surface area contributed by atoms with Gasteiger partial charge in [0.15, 0.2) is 0 Å². The molecule has 0 fully saturated rings. The van der Waals surface area contributed by atoms with Gasteiger partial charge in [-0.25, -0.2) is 4.57 Å². The van der Waals surface area contributed by atoms with E-state index in [2.05, 4.69) is 26.0 Å². The Hall–Kier alpha value is -2.55. The predicted octanol–water partition coefficient (Wildman–Crippen LogP) is 6.75. The lowest BCUT2D eigenvalue weighted by atomic mass is 10.0. The molecule has 0 aromatic heterocycles. The zero-order valence-electron chi connectivity index (χ0n) is 17.3. The van der Waals surface area contributed by atoms with Gasteiger partial charge in [-0.15, -0.1) is 0 Å². The molecule has 152 valence electrons. The van der Waals surface area contributed by atoms with Crippen LogP contribution >= 0.6 is 7.82 Å². The van der Waals surface area contributed by atoms with Crippen molar-refractivity contribution in [2.75, 3.05) is 6.61 Å². The first-order valence-corrected chi connectivity index (χ1v) is 11.1. The highest BCUT2D eigenvalue weighted by Gasteiger charge is 2.32. The Kier molecular flexibility index (Phi) is 6.79. The lowest BCUT2D eigenvalue weighted by Crippen LogP contribution is -2.09. The Bertz CT molecular complexity index is 974. The molecule has 1 unspecified atom stereocenters. The molecule has 0 bridgehead atoms. The van der Waals surface area contributed by atoms with Crippen LogP contribution in [0.25, 0.3) is 0 Å². The third-order valence-corrected chi connectivity index (χ3v) is 6.16. The fourth-order valence-corrected chi connectivity index (χ4v) is 4.59. The fraction of sp³-hybridized carbons (Fsp3) is 0.250. The Labute approximate surface area is 173 Å². The summed E-state index contributed by atoms with van der Waals surface area (Å²) in [4.78, 5) is 0. The van der Waals surface area contributed by atoms with Gasteiger partial charge in [0, 0.05) is 0 Å². The number of aryl methyl sites for hydroxylation is 4.